The summed E-state index contributed by atoms with van der Waals surface area (Å²) >= 11 is 0. The van der Waals surface area contributed by atoms with Crippen molar-refractivity contribution < 1.29 is 19.4 Å². The predicted octanol–water partition coefficient (Wildman–Crippen LogP) is 3.62. The van der Waals surface area contributed by atoms with Gasteiger partial charge in [0.1, 0.15) is 0 Å². The Morgan fingerprint density at radius 3 is 2.60 bits per heavy atom. The van der Waals surface area contributed by atoms with E-state index in [0.717, 1.165) is 16.8 Å². The first-order valence-corrected chi connectivity index (χ1v) is 9.53. The number of methoxy groups -OCH3 is 1. The van der Waals surface area contributed by atoms with Crippen molar-refractivity contribution in [1.82, 2.24) is 5.43 Å². The van der Waals surface area contributed by atoms with Gasteiger partial charge in [0, 0.05) is 24.1 Å². The lowest BCUT2D eigenvalue weighted by Gasteiger charge is -2.09. The van der Waals surface area contributed by atoms with Crippen LogP contribution in [0.2, 0.25) is 0 Å². The van der Waals surface area contributed by atoms with Gasteiger partial charge in [-0.15, -0.1) is 6.58 Å². The minimum atomic E-state index is -0.376. The molecule has 0 saturated carbocycles. The molecule has 0 aromatic heterocycles. The summed E-state index contributed by atoms with van der Waals surface area (Å²) in [5, 5.41) is 16.8. The van der Waals surface area contributed by atoms with Crippen LogP contribution in [-0.4, -0.2) is 30.2 Å². The Morgan fingerprint density at radius 1 is 1.17 bits per heavy atom. The minimum absolute atomic E-state index is 0.00858. The van der Waals surface area contributed by atoms with Gasteiger partial charge in [-0.1, -0.05) is 18.2 Å². The Labute approximate surface area is 176 Å². The molecule has 158 valence electrons. The van der Waals surface area contributed by atoms with Gasteiger partial charge in [0.2, 0.25) is 11.8 Å². The molecule has 2 aromatic rings. The summed E-state index contributed by atoms with van der Waals surface area (Å²) in [6.07, 6.45) is 3.63. The van der Waals surface area contributed by atoms with Crippen LogP contribution in [0.25, 0.3) is 0 Å². The third-order valence-corrected chi connectivity index (χ3v) is 4.41. The number of aromatic hydroxyl groups is 1. The van der Waals surface area contributed by atoms with Gasteiger partial charge >= 0.3 is 0 Å². The maximum atomic E-state index is 12.1. The molecule has 2 amide bonds. The second kappa shape index (κ2) is 10.8. The second-order valence-corrected chi connectivity index (χ2v) is 6.88. The van der Waals surface area contributed by atoms with Gasteiger partial charge < -0.3 is 15.2 Å². The highest BCUT2D eigenvalue weighted by molar-refractivity contribution is 5.94. The van der Waals surface area contributed by atoms with Crippen LogP contribution in [0.1, 0.15) is 35.1 Å². The number of phenols is 1. The first-order chi connectivity index (χ1) is 14.3. The lowest BCUT2D eigenvalue weighted by molar-refractivity contribution is -0.124. The van der Waals surface area contributed by atoms with E-state index in [1.807, 2.05) is 32.0 Å². The van der Waals surface area contributed by atoms with Crippen LogP contribution in [0.5, 0.6) is 11.5 Å². The molecule has 0 bridgehead atoms. The average Bonchev–Trinajstić information content (AvgIpc) is 2.71. The Hall–Kier alpha value is -3.61. The molecule has 2 rings (SSSR count). The number of nitrogens with one attached hydrogen (secondary N) is 2. The Morgan fingerprint density at radius 2 is 1.90 bits per heavy atom. The number of carbonyl (C=O) groups is 2. The summed E-state index contributed by atoms with van der Waals surface area (Å²) in [4.78, 5) is 24.1. The van der Waals surface area contributed by atoms with Crippen molar-refractivity contribution in [3.63, 3.8) is 0 Å². The van der Waals surface area contributed by atoms with E-state index in [1.54, 1.807) is 18.2 Å². The van der Waals surface area contributed by atoms with Gasteiger partial charge in [0.25, 0.3) is 0 Å². The predicted molar refractivity (Wildman–Crippen MR) is 118 cm³/mol. The Bertz CT molecular complexity index is 967. The lowest BCUT2D eigenvalue weighted by Crippen LogP contribution is -2.21. The second-order valence-electron chi connectivity index (χ2n) is 6.88. The molecule has 0 heterocycles. The Balaban J connectivity index is 1.89. The molecular formula is C23H27N3O4. The summed E-state index contributed by atoms with van der Waals surface area (Å²) in [5.41, 5.74) is 6.44. The van der Waals surface area contributed by atoms with Crippen LogP contribution >= 0.6 is 0 Å². The zero-order valence-electron chi connectivity index (χ0n) is 17.5. The zero-order valence-corrected chi connectivity index (χ0v) is 17.5. The number of phenolic OH excluding ortho intramolecular Hbond substituents is 1. The number of hydrogen-bond acceptors (Lipinski definition) is 5. The molecule has 3 N–H and O–H groups in total. The van der Waals surface area contributed by atoms with Crippen LogP contribution < -0.4 is 15.5 Å². The molecule has 0 spiro atoms. The number of rotatable bonds is 9. The number of carbonyl (C=O) groups excluding carboxylic acids is 2. The molecule has 0 fully saturated rings. The lowest BCUT2D eigenvalue weighted by atomic mass is 10.1. The quantitative estimate of drug-likeness (QED) is 0.335. The number of hydrogen-bond donors (Lipinski definition) is 3. The highest BCUT2D eigenvalue weighted by Gasteiger charge is 2.10. The van der Waals surface area contributed by atoms with Crippen molar-refractivity contribution in [2.75, 3.05) is 12.4 Å². The van der Waals surface area contributed by atoms with E-state index in [-0.39, 0.29) is 30.4 Å². The number of benzene rings is 2. The smallest absolute Gasteiger partial charge is 0.240 e. The summed E-state index contributed by atoms with van der Waals surface area (Å²) in [5.74, 6) is -0.252. The summed E-state index contributed by atoms with van der Waals surface area (Å²) < 4.78 is 5.15. The zero-order chi connectivity index (χ0) is 22.1. The first kappa shape index (κ1) is 22.7. The third-order valence-electron chi connectivity index (χ3n) is 4.41. The van der Waals surface area contributed by atoms with Crippen molar-refractivity contribution in [3.05, 3.63) is 65.2 Å². The van der Waals surface area contributed by atoms with Crippen molar-refractivity contribution >= 4 is 23.7 Å². The molecule has 0 atom stereocenters. The van der Waals surface area contributed by atoms with Gasteiger partial charge in [-0.25, -0.2) is 5.43 Å². The van der Waals surface area contributed by atoms with Crippen molar-refractivity contribution in [3.8, 4) is 11.5 Å². The molecule has 0 unspecified atom stereocenters. The van der Waals surface area contributed by atoms with E-state index >= 15 is 0 Å². The number of ether oxygens (including phenoxy) is 1. The fourth-order valence-electron chi connectivity index (χ4n) is 2.78. The standard InChI is InChI=1S/C23H27N3O4/c1-5-6-18-12-17(13-20(30-4)23(18)29)14-24-26-22(28)10-9-21(27)25-19-11-15(2)7-8-16(19)3/h5,7-8,11-14,29H,1,6,9-10H2,2-4H3,(H,25,27)(H,26,28)/b24-14+. The van der Waals surface area contributed by atoms with E-state index in [9.17, 15) is 14.7 Å². The monoisotopic (exact) mass is 409 g/mol. The van der Waals surface area contributed by atoms with Gasteiger partial charge in [0.05, 0.1) is 13.3 Å². The molecule has 2 aromatic carbocycles. The van der Waals surface area contributed by atoms with Gasteiger partial charge in [-0.3, -0.25) is 9.59 Å². The van der Waals surface area contributed by atoms with Gasteiger partial charge in [-0.05, 0) is 55.2 Å². The maximum Gasteiger partial charge on any atom is 0.240 e. The van der Waals surface area contributed by atoms with Crippen LogP contribution in [0, 0.1) is 13.8 Å². The van der Waals surface area contributed by atoms with Gasteiger partial charge in [-0.2, -0.15) is 5.10 Å². The van der Waals surface area contributed by atoms with Crippen molar-refractivity contribution in [2.24, 2.45) is 5.10 Å². The number of allylic oxidation sites excluding steroid dienone is 1. The molecule has 0 radical (unpaired) electrons. The molecule has 7 heteroatoms. The number of aryl methyl sites for hydroxylation is 2. The van der Waals surface area contributed by atoms with E-state index in [0.29, 0.717) is 23.3 Å². The topological polar surface area (TPSA) is 100 Å². The van der Waals surface area contributed by atoms with Crippen LogP contribution in [0.15, 0.2) is 48.1 Å². The van der Waals surface area contributed by atoms with E-state index in [4.69, 9.17) is 4.74 Å². The van der Waals surface area contributed by atoms with E-state index in [2.05, 4.69) is 22.4 Å². The number of nitrogens with zero attached hydrogens (tertiary/aromatic N) is 1. The maximum absolute atomic E-state index is 12.1. The first-order valence-electron chi connectivity index (χ1n) is 9.53. The molecule has 0 aliphatic heterocycles. The molecule has 0 aliphatic rings. The molecule has 30 heavy (non-hydrogen) atoms. The number of anilines is 1. The summed E-state index contributed by atoms with van der Waals surface area (Å²) in [6.45, 7) is 7.52. The molecule has 0 aliphatic carbocycles. The third kappa shape index (κ3) is 6.48. The molecule has 7 nitrogen and oxygen atoms in total. The van der Waals surface area contributed by atoms with Crippen molar-refractivity contribution in [1.29, 1.82) is 0 Å². The number of hydrazone groups is 1. The SMILES string of the molecule is C=CCc1cc(/C=N/NC(=O)CCC(=O)Nc2cc(C)ccc2C)cc(OC)c1O. The van der Waals surface area contributed by atoms with E-state index < -0.39 is 0 Å². The average molecular weight is 409 g/mol. The minimum Gasteiger partial charge on any atom is -0.504 e. The van der Waals surface area contributed by atoms with Crippen molar-refractivity contribution in [2.45, 2.75) is 33.1 Å². The molecular weight excluding hydrogens is 382 g/mol. The van der Waals surface area contributed by atoms with Crippen LogP contribution in [-0.2, 0) is 16.0 Å². The van der Waals surface area contributed by atoms with E-state index in [1.165, 1.54) is 13.3 Å². The normalized spacial score (nSPS) is 10.6. The molecule has 0 saturated heterocycles. The highest BCUT2D eigenvalue weighted by atomic mass is 16.5. The summed E-state index contributed by atoms with van der Waals surface area (Å²) in [6, 6.07) is 9.14. The van der Waals surface area contributed by atoms with Crippen LogP contribution in [0.3, 0.4) is 0 Å². The van der Waals surface area contributed by atoms with Crippen LogP contribution in [0.4, 0.5) is 5.69 Å². The fourth-order valence-corrected chi connectivity index (χ4v) is 2.78. The Kier molecular flexibility index (Phi) is 8.17. The van der Waals surface area contributed by atoms with Gasteiger partial charge in [0.15, 0.2) is 11.5 Å². The summed E-state index contributed by atoms with van der Waals surface area (Å²) in [7, 11) is 1.46. The fraction of sp³-hybridized carbons (Fsp3) is 0.261. The number of amides is 2. The highest BCUT2D eigenvalue weighted by Crippen LogP contribution is 2.31. The largest absolute Gasteiger partial charge is 0.504 e.